The Morgan fingerprint density at radius 1 is 0.611 bits per heavy atom. The molecule has 0 aromatic heterocycles. The van der Waals surface area contributed by atoms with Crippen molar-refractivity contribution in [1.29, 1.82) is 0 Å². The molecule has 2 aromatic carbocycles. The molecule has 0 amide bonds. The van der Waals surface area contributed by atoms with E-state index in [4.69, 9.17) is 18.9 Å². The minimum atomic E-state index is -0.317. The highest BCUT2D eigenvalue weighted by atomic mass is 16.7. The van der Waals surface area contributed by atoms with Crippen molar-refractivity contribution in [1.82, 2.24) is 0 Å². The van der Waals surface area contributed by atoms with Gasteiger partial charge in [-0.05, 0) is 115 Å². The maximum absolute atomic E-state index is 5.87. The molecule has 0 radical (unpaired) electrons. The van der Waals surface area contributed by atoms with E-state index >= 15 is 0 Å². The molecule has 4 heteroatoms. The predicted octanol–water partition coefficient (Wildman–Crippen LogP) is 13.5. The van der Waals surface area contributed by atoms with Gasteiger partial charge in [0.15, 0.2) is 11.6 Å². The Labute approximate surface area is 330 Å². The summed E-state index contributed by atoms with van der Waals surface area (Å²) in [7, 11) is 0. The summed E-state index contributed by atoms with van der Waals surface area (Å²) in [6.07, 6.45) is 34.2. The maximum atomic E-state index is 5.87. The third kappa shape index (κ3) is 11.0. The topological polar surface area (TPSA) is 36.9 Å². The molecule has 4 aliphatic carbocycles. The van der Waals surface area contributed by atoms with Crippen molar-refractivity contribution < 1.29 is 20.4 Å². The summed E-state index contributed by atoms with van der Waals surface area (Å²) in [5, 5.41) is 0. The molecule has 298 valence electrons. The molecule has 2 heterocycles. The Hall–Kier alpha value is -2.24. The highest BCUT2D eigenvalue weighted by Crippen LogP contribution is 2.43. The van der Waals surface area contributed by atoms with Gasteiger partial charge in [-0.25, -0.2) is 0 Å². The lowest BCUT2D eigenvalue weighted by molar-refractivity contribution is -0.178. The zero-order chi connectivity index (χ0) is 37.1. The number of aryl methyl sites for hydroxylation is 1. The van der Waals surface area contributed by atoms with Gasteiger partial charge in [0.25, 0.3) is 0 Å². The van der Waals surface area contributed by atoms with Crippen LogP contribution >= 0.6 is 0 Å². The first kappa shape index (κ1) is 40.0. The van der Waals surface area contributed by atoms with Gasteiger partial charge in [0.05, 0.1) is 26.4 Å². The third-order valence-corrected chi connectivity index (χ3v) is 14.2. The van der Waals surface area contributed by atoms with Gasteiger partial charge in [-0.1, -0.05) is 132 Å². The van der Waals surface area contributed by atoms with Crippen LogP contribution in [0.25, 0.3) is 11.6 Å². The normalized spacial score (nSPS) is 28.3. The van der Waals surface area contributed by atoms with E-state index < -0.39 is 0 Å². The molecule has 2 aliphatic heterocycles. The van der Waals surface area contributed by atoms with E-state index in [-0.39, 0.29) is 13.0 Å². The average molecular weight is 739 g/mol. The van der Waals surface area contributed by atoms with Crippen LogP contribution in [0.2, 0.25) is 0 Å². The van der Waals surface area contributed by atoms with Crippen LogP contribution in [0.3, 0.4) is 0 Å². The van der Waals surface area contributed by atoms with Crippen LogP contribution in [0.4, 0.5) is 0 Å². The first-order valence-electron chi connectivity index (χ1n) is 22.6. The minimum Gasteiger partial charge on any atom is -0.348 e. The van der Waals surface area contributed by atoms with Crippen LogP contribution in [-0.4, -0.2) is 38.0 Å². The van der Waals surface area contributed by atoms with E-state index in [1.807, 2.05) is 0 Å². The fourth-order valence-corrected chi connectivity index (χ4v) is 10.7. The van der Waals surface area contributed by atoms with Gasteiger partial charge in [0.2, 0.25) is 0 Å². The average Bonchev–Trinajstić information content (AvgIpc) is 3.89. The monoisotopic (exact) mass is 739 g/mol. The molecule has 0 N–H and O–H groups in total. The van der Waals surface area contributed by atoms with Gasteiger partial charge in [-0.3, -0.25) is 0 Å². The van der Waals surface area contributed by atoms with Gasteiger partial charge >= 0.3 is 0 Å². The predicted molar refractivity (Wildman–Crippen MR) is 225 cm³/mol. The van der Waals surface area contributed by atoms with E-state index in [9.17, 15) is 0 Å². The number of ether oxygens (including phenoxy) is 4. The molecule has 0 bridgehead atoms. The molecule has 6 aliphatic rings. The van der Waals surface area contributed by atoms with Crippen molar-refractivity contribution in [3.63, 3.8) is 0 Å². The molecule has 0 atom stereocenters. The maximum Gasteiger partial charge on any atom is 0.172 e. The van der Waals surface area contributed by atoms with Gasteiger partial charge in [-0.2, -0.15) is 0 Å². The zero-order valence-electron chi connectivity index (χ0n) is 34.0. The molecular weight excluding hydrogens is 665 g/mol. The van der Waals surface area contributed by atoms with Gasteiger partial charge in [-0.15, -0.1) is 0 Å². The minimum absolute atomic E-state index is 0. The number of allylic oxidation sites excluding steroid dienone is 2. The van der Waals surface area contributed by atoms with Crippen LogP contribution in [0.15, 0.2) is 60.7 Å². The lowest BCUT2D eigenvalue weighted by atomic mass is 9.78. The first-order chi connectivity index (χ1) is 26.5. The molecule has 2 spiro atoms. The van der Waals surface area contributed by atoms with E-state index in [1.54, 1.807) is 0 Å². The molecule has 0 unspecified atom stereocenters. The zero-order valence-corrected chi connectivity index (χ0v) is 34.0. The van der Waals surface area contributed by atoms with Gasteiger partial charge in [0.1, 0.15) is 0 Å². The lowest BCUT2D eigenvalue weighted by Gasteiger charge is -2.35. The number of hydrogen-bond acceptors (Lipinski definition) is 4. The lowest BCUT2D eigenvalue weighted by Crippen LogP contribution is -2.34. The summed E-state index contributed by atoms with van der Waals surface area (Å²) in [5.41, 5.74) is 7.16. The molecule has 5 fully saturated rings. The van der Waals surface area contributed by atoms with Crippen LogP contribution in [-0.2, 0) is 25.4 Å². The van der Waals surface area contributed by atoms with Gasteiger partial charge < -0.3 is 18.9 Å². The van der Waals surface area contributed by atoms with E-state index in [0.29, 0.717) is 5.92 Å². The Morgan fingerprint density at radius 3 is 1.72 bits per heavy atom. The fraction of sp³-hybridized carbons (Fsp3) is 0.680. The highest BCUT2D eigenvalue weighted by Gasteiger charge is 2.40. The fourth-order valence-electron chi connectivity index (χ4n) is 10.7. The molecule has 3 saturated carbocycles. The number of benzene rings is 2. The Balaban J connectivity index is 0.000000184. The summed E-state index contributed by atoms with van der Waals surface area (Å²) in [6, 6.07) is 18.7. The van der Waals surface area contributed by atoms with Crippen LogP contribution in [0.1, 0.15) is 172 Å². The van der Waals surface area contributed by atoms with Gasteiger partial charge in [0, 0.05) is 27.1 Å². The Bertz CT molecular complexity index is 1440. The molecule has 54 heavy (non-hydrogen) atoms. The second-order valence-corrected chi connectivity index (χ2v) is 17.9. The van der Waals surface area contributed by atoms with Crippen LogP contribution in [0.5, 0.6) is 0 Å². The second-order valence-electron chi connectivity index (χ2n) is 17.9. The summed E-state index contributed by atoms with van der Waals surface area (Å²) < 4.78 is 23.4. The largest absolute Gasteiger partial charge is 0.348 e. The highest BCUT2D eigenvalue weighted by molar-refractivity contribution is 5.68. The molecule has 4 nitrogen and oxygen atoms in total. The summed E-state index contributed by atoms with van der Waals surface area (Å²) >= 11 is 0. The van der Waals surface area contributed by atoms with Crippen LogP contribution < -0.4 is 0 Å². The second kappa shape index (κ2) is 19.8. The number of rotatable bonds is 11. The van der Waals surface area contributed by atoms with Crippen molar-refractivity contribution in [2.24, 2.45) is 23.7 Å². The third-order valence-electron chi connectivity index (χ3n) is 14.2. The number of hydrogen-bond donors (Lipinski definition) is 0. The van der Waals surface area contributed by atoms with Crippen molar-refractivity contribution in [2.45, 2.75) is 166 Å². The summed E-state index contributed by atoms with van der Waals surface area (Å²) in [6.45, 7) is 7.68. The molecule has 2 saturated heterocycles. The molecular formula is C50H74O4. The van der Waals surface area contributed by atoms with E-state index in [0.717, 1.165) is 82.2 Å². The summed E-state index contributed by atoms with van der Waals surface area (Å²) in [5.74, 6) is 3.91. The standard InChI is InChI=1S/C25H38O2.C25H34O2.H2/c2*1-2-3-20-4-6-21(7-5-20)8-9-22-10-12-23(13-11-22)24-14-16-25(17-15-24)26-18-19-27-25;/h10-13,20-21,24H,2-9,14-19H2,1H3;8-14,20-21H,2-7,15-19H2,1H3;1H. The SMILES string of the molecule is CCCC1CCC(C=Cc2ccc(C3=CCC4(CC3)OCCO4)cc2)CC1.CCCC1CCC(CCc2ccc(C3CCC4(CC3)OCCO4)cc2)CC1.[HH]. The Morgan fingerprint density at radius 2 is 1.17 bits per heavy atom. The van der Waals surface area contributed by atoms with Crippen molar-refractivity contribution in [2.75, 3.05) is 26.4 Å². The molecule has 2 aromatic rings. The smallest absolute Gasteiger partial charge is 0.172 e. The van der Waals surface area contributed by atoms with E-state index in [1.165, 1.54) is 131 Å². The van der Waals surface area contributed by atoms with Crippen LogP contribution in [0, 0.1) is 23.7 Å². The van der Waals surface area contributed by atoms with E-state index in [2.05, 4.69) is 80.6 Å². The first-order valence-corrected chi connectivity index (χ1v) is 22.6. The quantitative estimate of drug-likeness (QED) is 0.230. The van der Waals surface area contributed by atoms with Crippen molar-refractivity contribution in [3.05, 3.63) is 82.9 Å². The Kier molecular flexibility index (Phi) is 14.6. The molecule has 8 rings (SSSR count). The van der Waals surface area contributed by atoms with Crippen molar-refractivity contribution in [3.8, 4) is 0 Å². The van der Waals surface area contributed by atoms with Crippen molar-refractivity contribution >= 4 is 11.6 Å². The summed E-state index contributed by atoms with van der Waals surface area (Å²) in [4.78, 5) is 0.